The van der Waals surface area contributed by atoms with Crippen molar-refractivity contribution in [2.75, 3.05) is 41.8 Å². The predicted octanol–water partition coefficient (Wildman–Crippen LogP) is 4.04. The Hall–Kier alpha value is -3.61. The number of ether oxygens (including phenoxy) is 1. The minimum Gasteiger partial charge on any atom is -0.378 e. The molecule has 1 aliphatic heterocycles. The van der Waals surface area contributed by atoms with E-state index in [1.54, 1.807) is 24.4 Å². The maximum atomic E-state index is 11.4. The third kappa shape index (κ3) is 5.35. The minimum absolute atomic E-state index is 0.225. The van der Waals surface area contributed by atoms with Crippen LogP contribution in [0.4, 0.5) is 23.0 Å². The van der Waals surface area contributed by atoms with Gasteiger partial charge in [0.25, 0.3) is 0 Å². The van der Waals surface area contributed by atoms with Crippen molar-refractivity contribution in [1.29, 1.82) is 5.26 Å². The lowest BCUT2D eigenvalue weighted by atomic mass is 10.2. The van der Waals surface area contributed by atoms with E-state index in [1.807, 2.05) is 18.2 Å². The zero-order chi connectivity index (χ0) is 22.3. The fraction of sp³-hybridized carbons (Fsp3) is 0.217. The number of carbonyl (C=O) groups excluding carboxylic acids is 1. The van der Waals surface area contributed by atoms with Crippen LogP contribution in [0, 0.1) is 11.3 Å². The van der Waals surface area contributed by atoms with E-state index in [4.69, 9.17) is 4.74 Å². The largest absolute Gasteiger partial charge is 0.378 e. The van der Waals surface area contributed by atoms with Crippen molar-refractivity contribution >= 4 is 40.7 Å². The van der Waals surface area contributed by atoms with E-state index in [1.165, 1.54) is 18.7 Å². The summed E-state index contributed by atoms with van der Waals surface area (Å²) in [5.41, 5.74) is 2.93. The Morgan fingerprint density at radius 3 is 2.66 bits per heavy atom. The summed E-state index contributed by atoms with van der Waals surface area (Å²) in [4.78, 5) is 23.3. The van der Waals surface area contributed by atoms with Gasteiger partial charge in [0, 0.05) is 42.5 Å². The van der Waals surface area contributed by atoms with Crippen LogP contribution in [0.25, 0.3) is 0 Å². The van der Waals surface area contributed by atoms with Gasteiger partial charge in [0.05, 0.1) is 24.5 Å². The van der Waals surface area contributed by atoms with Crippen molar-refractivity contribution in [3.63, 3.8) is 0 Å². The summed E-state index contributed by atoms with van der Waals surface area (Å²) < 4.78 is 5.41. The summed E-state index contributed by atoms with van der Waals surface area (Å²) in [6.07, 6.45) is 1.67. The SMILES string of the molecule is CC(=O)Nc1cccc(Sc2ccnc(Nc3ccc(N4CCOCC4)cc3)n2)c1C#N. The summed E-state index contributed by atoms with van der Waals surface area (Å²) in [6.45, 7) is 4.70. The van der Waals surface area contributed by atoms with Crippen molar-refractivity contribution in [3.05, 3.63) is 60.3 Å². The Bertz CT molecular complexity index is 1140. The number of rotatable bonds is 6. The first-order chi connectivity index (χ1) is 15.6. The Balaban J connectivity index is 1.47. The minimum atomic E-state index is -0.225. The second kappa shape index (κ2) is 10.1. The lowest BCUT2D eigenvalue weighted by Gasteiger charge is -2.28. The molecular weight excluding hydrogens is 424 g/mol. The predicted molar refractivity (Wildman–Crippen MR) is 124 cm³/mol. The van der Waals surface area contributed by atoms with Crippen LogP contribution in [-0.2, 0) is 9.53 Å². The van der Waals surface area contributed by atoms with Crippen LogP contribution < -0.4 is 15.5 Å². The average Bonchev–Trinajstić information content (AvgIpc) is 2.80. The molecule has 0 spiro atoms. The quantitative estimate of drug-likeness (QED) is 0.547. The number of nitriles is 1. The highest BCUT2D eigenvalue weighted by molar-refractivity contribution is 7.99. The van der Waals surface area contributed by atoms with Crippen LogP contribution in [-0.4, -0.2) is 42.2 Å². The van der Waals surface area contributed by atoms with Crippen molar-refractivity contribution in [1.82, 2.24) is 9.97 Å². The Kier molecular flexibility index (Phi) is 6.84. The van der Waals surface area contributed by atoms with Gasteiger partial charge < -0.3 is 20.3 Å². The number of benzene rings is 2. The van der Waals surface area contributed by atoms with Crippen LogP contribution in [0.2, 0.25) is 0 Å². The zero-order valence-electron chi connectivity index (χ0n) is 17.5. The van der Waals surface area contributed by atoms with Crippen LogP contribution in [0.1, 0.15) is 12.5 Å². The molecule has 3 aromatic rings. The molecule has 2 N–H and O–H groups in total. The van der Waals surface area contributed by atoms with Crippen LogP contribution >= 0.6 is 11.8 Å². The first-order valence-corrected chi connectivity index (χ1v) is 11.0. The molecule has 0 unspecified atom stereocenters. The van der Waals surface area contributed by atoms with Crippen molar-refractivity contribution in [3.8, 4) is 6.07 Å². The number of hydrogen-bond acceptors (Lipinski definition) is 8. The molecule has 0 bridgehead atoms. The van der Waals surface area contributed by atoms with Crippen LogP contribution in [0.3, 0.4) is 0 Å². The van der Waals surface area contributed by atoms with Gasteiger partial charge in [0.1, 0.15) is 11.1 Å². The highest BCUT2D eigenvalue weighted by Crippen LogP contribution is 2.33. The molecule has 0 saturated carbocycles. The van der Waals surface area contributed by atoms with E-state index in [2.05, 4.69) is 43.7 Å². The summed E-state index contributed by atoms with van der Waals surface area (Å²) in [7, 11) is 0. The number of anilines is 4. The molecule has 1 fully saturated rings. The van der Waals surface area contributed by atoms with Gasteiger partial charge in [-0.05, 0) is 42.5 Å². The molecule has 9 heteroatoms. The van der Waals surface area contributed by atoms with Crippen molar-refractivity contribution < 1.29 is 9.53 Å². The molecule has 1 aliphatic rings. The third-order valence-corrected chi connectivity index (χ3v) is 5.79. The Morgan fingerprint density at radius 2 is 1.94 bits per heavy atom. The summed E-state index contributed by atoms with van der Waals surface area (Å²) in [5.74, 6) is 0.238. The number of hydrogen-bond donors (Lipinski definition) is 2. The first kappa shape index (κ1) is 21.6. The monoisotopic (exact) mass is 446 g/mol. The van der Waals surface area contributed by atoms with Gasteiger partial charge in [0.2, 0.25) is 11.9 Å². The maximum absolute atomic E-state index is 11.4. The van der Waals surface area contributed by atoms with Gasteiger partial charge in [-0.2, -0.15) is 5.26 Å². The highest BCUT2D eigenvalue weighted by Gasteiger charge is 2.13. The van der Waals surface area contributed by atoms with Gasteiger partial charge >= 0.3 is 0 Å². The van der Waals surface area contributed by atoms with Gasteiger partial charge in [-0.1, -0.05) is 17.8 Å². The van der Waals surface area contributed by atoms with Gasteiger partial charge in [-0.15, -0.1) is 0 Å². The lowest BCUT2D eigenvalue weighted by Crippen LogP contribution is -2.36. The normalized spacial score (nSPS) is 13.3. The molecule has 1 saturated heterocycles. The fourth-order valence-corrected chi connectivity index (χ4v) is 4.19. The standard InChI is InChI=1S/C23H22N6O2S/c1-16(30)26-20-3-2-4-21(19(20)15-24)32-22-9-10-25-23(28-22)27-17-5-7-18(8-6-17)29-11-13-31-14-12-29/h2-10H,11-14H2,1H3,(H,26,30)(H,25,27,28). The highest BCUT2D eigenvalue weighted by atomic mass is 32.2. The number of morpholine rings is 1. The topological polar surface area (TPSA) is 103 Å². The molecule has 0 radical (unpaired) electrons. The molecule has 1 amide bonds. The van der Waals surface area contributed by atoms with E-state index in [0.29, 0.717) is 27.1 Å². The average molecular weight is 447 g/mol. The van der Waals surface area contributed by atoms with E-state index in [-0.39, 0.29) is 5.91 Å². The van der Waals surface area contributed by atoms with Crippen molar-refractivity contribution in [2.45, 2.75) is 16.8 Å². The zero-order valence-corrected chi connectivity index (χ0v) is 18.4. The molecule has 2 aromatic carbocycles. The summed E-state index contributed by atoms with van der Waals surface area (Å²) >= 11 is 1.34. The number of carbonyl (C=O) groups is 1. The van der Waals surface area contributed by atoms with Gasteiger partial charge in [-0.25, -0.2) is 9.97 Å². The molecule has 8 nitrogen and oxygen atoms in total. The second-order valence-corrected chi connectivity index (χ2v) is 8.13. The van der Waals surface area contributed by atoms with Crippen LogP contribution in [0.5, 0.6) is 0 Å². The number of aromatic nitrogens is 2. The molecule has 1 aromatic heterocycles. The van der Waals surface area contributed by atoms with Gasteiger partial charge in [0.15, 0.2) is 0 Å². The molecule has 4 rings (SSSR count). The van der Waals surface area contributed by atoms with Crippen molar-refractivity contribution in [2.24, 2.45) is 0 Å². The molecule has 162 valence electrons. The number of nitrogens with one attached hydrogen (secondary N) is 2. The van der Waals surface area contributed by atoms with E-state index >= 15 is 0 Å². The molecule has 0 atom stereocenters. The molecular formula is C23H22N6O2S. The summed E-state index contributed by atoms with van der Waals surface area (Å²) in [5, 5.41) is 16.2. The smallest absolute Gasteiger partial charge is 0.228 e. The summed E-state index contributed by atoms with van der Waals surface area (Å²) in [6, 6.07) is 17.4. The molecule has 0 aliphatic carbocycles. The Labute approximate surface area is 190 Å². The van der Waals surface area contributed by atoms with E-state index in [0.717, 1.165) is 37.7 Å². The Morgan fingerprint density at radius 1 is 1.16 bits per heavy atom. The fourth-order valence-electron chi connectivity index (χ4n) is 3.30. The molecule has 2 heterocycles. The van der Waals surface area contributed by atoms with E-state index < -0.39 is 0 Å². The number of amides is 1. The van der Waals surface area contributed by atoms with E-state index in [9.17, 15) is 10.1 Å². The van der Waals surface area contributed by atoms with Gasteiger partial charge in [-0.3, -0.25) is 4.79 Å². The first-order valence-electron chi connectivity index (χ1n) is 10.1. The number of nitrogens with zero attached hydrogens (tertiary/aromatic N) is 4. The third-order valence-electron chi connectivity index (χ3n) is 4.79. The van der Waals surface area contributed by atoms with Crippen LogP contribution in [0.15, 0.2) is 64.6 Å². The second-order valence-electron chi connectivity index (χ2n) is 7.06. The maximum Gasteiger partial charge on any atom is 0.228 e. The molecule has 32 heavy (non-hydrogen) atoms. The lowest BCUT2D eigenvalue weighted by molar-refractivity contribution is -0.114.